The summed E-state index contributed by atoms with van der Waals surface area (Å²) in [5.74, 6) is 2.08. The van der Waals surface area contributed by atoms with Crippen LogP contribution in [0.25, 0.3) is 5.65 Å². The lowest BCUT2D eigenvalue weighted by molar-refractivity contribution is -0.117. The Bertz CT molecular complexity index is 992. The molecule has 0 atom stereocenters. The van der Waals surface area contributed by atoms with Gasteiger partial charge in [0.2, 0.25) is 5.91 Å². The summed E-state index contributed by atoms with van der Waals surface area (Å²) in [7, 11) is 0. The number of carbonyl (C=O) groups excluding carboxylic acids is 1. The van der Waals surface area contributed by atoms with Crippen molar-refractivity contribution in [3.8, 4) is 0 Å². The number of benzene rings is 1. The first-order valence-corrected chi connectivity index (χ1v) is 10.5. The summed E-state index contributed by atoms with van der Waals surface area (Å²) in [5.41, 5.74) is 2.16. The predicted octanol–water partition coefficient (Wildman–Crippen LogP) is 3.00. The molecule has 1 amide bonds. The van der Waals surface area contributed by atoms with Gasteiger partial charge in [0, 0.05) is 11.9 Å². The van der Waals surface area contributed by atoms with Crippen LogP contribution in [0.1, 0.15) is 16.6 Å². The van der Waals surface area contributed by atoms with E-state index in [9.17, 15) is 9.59 Å². The topological polar surface area (TPSA) is 68.4 Å². The summed E-state index contributed by atoms with van der Waals surface area (Å²) in [5, 5.41) is 7.06. The van der Waals surface area contributed by atoms with E-state index in [1.54, 1.807) is 24.4 Å². The van der Waals surface area contributed by atoms with Crippen LogP contribution in [-0.4, -0.2) is 31.6 Å². The lowest BCUT2D eigenvalue weighted by atomic mass is 10.2. The molecule has 2 aromatic heterocycles. The Hall–Kier alpha value is -2.19. The van der Waals surface area contributed by atoms with E-state index in [0.717, 1.165) is 5.69 Å². The molecule has 0 saturated carbocycles. The molecule has 6 nitrogen and oxygen atoms in total. The van der Waals surface area contributed by atoms with Crippen molar-refractivity contribution in [2.75, 3.05) is 16.8 Å². The monoisotopic (exact) mass is 386 g/mol. The van der Waals surface area contributed by atoms with Crippen molar-refractivity contribution >= 4 is 40.8 Å². The van der Waals surface area contributed by atoms with E-state index >= 15 is 0 Å². The molecule has 26 heavy (non-hydrogen) atoms. The number of carbonyl (C=O) groups is 1. The molecule has 0 bridgehead atoms. The standard InChI is InChI=1S/C18H18N4O2S2/c23-16(12-22-18(24)21-8-2-1-7-15(21)20-22)19-14-6-3-5-13(11-14)17-25-9-4-10-26-17/h1-3,5-8,11,17H,4,9-10,12H2,(H,19,23). The third-order valence-corrected chi connectivity index (χ3v) is 7.07. The highest BCUT2D eigenvalue weighted by molar-refractivity contribution is 8.16. The molecular weight excluding hydrogens is 368 g/mol. The van der Waals surface area contributed by atoms with Gasteiger partial charge in [0.05, 0.1) is 4.58 Å². The zero-order chi connectivity index (χ0) is 17.9. The Morgan fingerprint density at radius 1 is 1.19 bits per heavy atom. The summed E-state index contributed by atoms with van der Waals surface area (Å²) >= 11 is 3.89. The Balaban J connectivity index is 1.47. The highest BCUT2D eigenvalue weighted by atomic mass is 32.2. The highest BCUT2D eigenvalue weighted by Crippen LogP contribution is 2.43. The molecule has 1 N–H and O–H groups in total. The van der Waals surface area contributed by atoms with Gasteiger partial charge in [-0.25, -0.2) is 9.48 Å². The van der Waals surface area contributed by atoms with Gasteiger partial charge in [-0.1, -0.05) is 18.2 Å². The molecule has 1 aliphatic rings. The second-order valence-electron chi connectivity index (χ2n) is 5.97. The van der Waals surface area contributed by atoms with E-state index in [-0.39, 0.29) is 18.1 Å². The molecule has 8 heteroatoms. The van der Waals surface area contributed by atoms with Gasteiger partial charge >= 0.3 is 5.69 Å². The van der Waals surface area contributed by atoms with Crippen LogP contribution in [0.3, 0.4) is 0 Å². The lowest BCUT2D eigenvalue weighted by Crippen LogP contribution is -2.28. The van der Waals surface area contributed by atoms with E-state index in [1.807, 2.05) is 41.7 Å². The third kappa shape index (κ3) is 3.66. The third-order valence-electron chi connectivity index (χ3n) is 4.05. The minimum absolute atomic E-state index is 0.113. The summed E-state index contributed by atoms with van der Waals surface area (Å²) in [6, 6.07) is 13.2. The normalized spacial score (nSPS) is 15.2. The van der Waals surface area contributed by atoms with E-state index in [2.05, 4.69) is 16.5 Å². The Labute approximate surface area is 159 Å². The fourth-order valence-corrected chi connectivity index (χ4v) is 5.72. The van der Waals surface area contributed by atoms with Gasteiger partial charge in [-0.05, 0) is 47.8 Å². The molecule has 4 rings (SSSR count). The second kappa shape index (κ2) is 7.59. The van der Waals surface area contributed by atoms with E-state index in [1.165, 1.54) is 32.6 Å². The van der Waals surface area contributed by atoms with Crippen LogP contribution >= 0.6 is 23.5 Å². The molecule has 1 saturated heterocycles. The summed E-state index contributed by atoms with van der Waals surface area (Å²) in [6.45, 7) is -0.113. The first-order chi connectivity index (χ1) is 12.7. The van der Waals surface area contributed by atoms with Gasteiger partial charge in [-0.15, -0.1) is 28.6 Å². The fraction of sp³-hybridized carbons (Fsp3) is 0.278. The van der Waals surface area contributed by atoms with Crippen molar-refractivity contribution in [2.45, 2.75) is 17.5 Å². The SMILES string of the molecule is O=C(Cn1nc2ccccn2c1=O)Nc1cccc(C2SCCCS2)c1. The smallest absolute Gasteiger partial charge is 0.324 e. The minimum Gasteiger partial charge on any atom is -0.324 e. The van der Waals surface area contributed by atoms with E-state index < -0.39 is 0 Å². The average molecular weight is 387 g/mol. The van der Waals surface area contributed by atoms with Gasteiger partial charge in [-0.3, -0.25) is 9.20 Å². The van der Waals surface area contributed by atoms with Crippen molar-refractivity contribution in [1.29, 1.82) is 0 Å². The molecule has 1 fully saturated rings. The number of nitrogens with zero attached hydrogens (tertiary/aromatic N) is 3. The van der Waals surface area contributed by atoms with Crippen molar-refractivity contribution in [3.05, 3.63) is 64.7 Å². The number of anilines is 1. The number of nitrogens with one attached hydrogen (secondary N) is 1. The number of rotatable bonds is 4. The van der Waals surface area contributed by atoms with Crippen LogP contribution in [0, 0.1) is 0 Å². The minimum atomic E-state index is -0.320. The number of aromatic nitrogens is 3. The zero-order valence-electron chi connectivity index (χ0n) is 14.0. The second-order valence-corrected chi connectivity index (χ2v) is 8.69. The predicted molar refractivity (Wildman–Crippen MR) is 107 cm³/mol. The molecule has 3 aromatic rings. The Kier molecular flexibility index (Phi) is 5.03. The lowest BCUT2D eigenvalue weighted by Gasteiger charge is -2.21. The first-order valence-electron chi connectivity index (χ1n) is 8.38. The van der Waals surface area contributed by atoms with Gasteiger partial charge in [-0.2, -0.15) is 0 Å². The number of amides is 1. The largest absolute Gasteiger partial charge is 0.350 e. The molecule has 0 radical (unpaired) electrons. The molecule has 1 aliphatic heterocycles. The van der Waals surface area contributed by atoms with Crippen molar-refractivity contribution < 1.29 is 4.79 Å². The number of thioether (sulfide) groups is 2. The van der Waals surface area contributed by atoms with Gasteiger partial charge in [0.25, 0.3) is 0 Å². The van der Waals surface area contributed by atoms with E-state index in [4.69, 9.17) is 0 Å². The fourth-order valence-electron chi connectivity index (χ4n) is 2.85. The number of pyridine rings is 1. The van der Waals surface area contributed by atoms with E-state index in [0.29, 0.717) is 10.2 Å². The van der Waals surface area contributed by atoms with Crippen LogP contribution in [-0.2, 0) is 11.3 Å². The molecule has 0 unspecified atom stereocenters. The van der Waals surface area contributed by atoms with Crippen molar-refractivity contribution in [3.63, 3.8) is 0 Å². The number of hydrogen-bond donors (Lipinski definition) is 1. The number of fused-ring (bicyclic) bond motifs is 1. The van der Waals surface area contributed by atoms with Crippen LogP contribution in [0.15, 0.2) is 53.5 Å². The molecule has 0 spiro atoms. The summed E-state index contributed by atoms with van der Waals surface area (Å²) in [6.07, 6.45) is 2.89. The molecule has 3 heterocycles. The van der Waals surface area contributed by atoms with Gasteiger partial charge in [0.15, 0.2) is 5.65 Å². The van der Waals surface area contributed by atoms with Crippen molar-refractivity contribution in [2.24, 2.45) is 0 Å². The zero-order valence-corrected chi connectivity index (χ0v) is 15.6. The quantitative estimate of drug-likeness (QED) is 0.747. The van der Waals surface area contributed by atoms with Crippen LogP contribution in [0.2, 0.25) is 0 Å². The summed E-state index contributed by atoms with van der Waals surface area (Å²) < 4.78 is 3.02. The highest BCUT2D eigenvalue weighted by Gasteiger charge is 2.17. The van der Waals surface area contributed by atoms with Gasteiger partial charge in [0.1, 0.15) is 6.54 Å². The molecule has 134 valence electrons. The van der Waals surface area contributed by atoms with Crippen LogP contribution < -0.4 is 11.0 Å². The van der Waals surface area contributed by atoms with Crippen LogP contribution in [0.5, 0.6) is 0 Å². The first kappa shape index (κ1) is 17.2. The molecule has 0 aliphatic carbocycles. The maximum absolute atomic E-state index is 12.4. The average Bonchev–Trinajstić information content (AvgIpc) is 2.98. The number of hydrogen-bond acceptors (Lipinski definition) is 5. The summed E-state index contributed by atoms with van der Waals surface area (Å²) in [4.78, 5) is 24.6. The Morgan fingerprint density at radius 2 is 2.04 bits per heavy atom. The van der Waals surface area contributed by atoms with Crippen LogP contribution in [0.4, 0.5) is 5.69 Å². The maximum Gasteiger partial charge on any atom is 0.350 e. The Morgan fingerprint density at radius 3 is 2.85 bits per heavy atom. The van der Waals surface area contributed by atoms with Gasteiger partial charge < -0.3 is 5.32 Å². The maximum atomic E-state index is 12.4. The molecular formula is C18H18N4O2S2. The van der Waals surface area contributed by atoms with Crippen molar-refractivity contribution in [1.82, 2.24) is 14.2 Å². The molecule has 1 aromatic carbocycles.